The summed E-state index contributed by atoms with van der Waals surface area (Å²) >= 11 is 1.80. The Kier molecular flexibility index (Phi) is 6.72. The van der Waals surface area contributed by atoms with Crippen LogP contribution in [0.4, 0.5) is 5.00 Å². The predicted octanol–water partition coefficient (Wildman–Crippen LogP) is 2.24. The second kappa shape index (κ2) is 8.55. The Morgan fingerprint density at radius 3 is 2.61 bits per heavy atom. The third-order valence-corrected chi connectivity index (χ3v) is 5.51. The van der Waals surface area contributed by atoms with E-state index in [0.717, 1.165) is 45.1 Å². The molecular formula is C17H30N4OS. The largest absolute Gasteiger partial charge is 0.396 e. The third-order valence-electron chi connectivity index (χ3n) is 4.58. The van der Waals surface area contributed by atoms with Crippen molar-refractivity contribution < 1.29 is 5.11 Å². The molecular weight excluding hydrogens is 308 g/mol. The maximum atomic E-state index is 9.57. The Hall–Kier alpha value is -1.27. The van der Waals surface area contributed by atoms with Crippen molar-refractivity contribution in [3.05, 3.63) is 17.5 Å². The van der Waals surface area contributed by atoms with Crippen molar-refractivity contribution in [3.8, 4) is 0 Å². The molecule has 1 aliphatic rings. The molecule has 1 atom stereocenters. The van der Waals surface area contributed by atoms with Gasteiger partial charge in [0, 0.05) is 38.1 Å². The molecule has 2 rings (SSSR count). The molecule has 1 aromatic heterocycles. The smallest absolute Gasteiger partial charge is 0.194 e. The summed E-state index contributed by atoms with van der Waals surface area (Å²) in [5, 5.41) is 16.5. The molecule has 0 amide bonds. The van der Waals surface area contributed by atoms with Crippen LogP contribution in [0.3, 0.4) is 0 Å². The van der Waals surface area contributed by atoms with Gasteiger partial charge >= 0.3 is 0 Å². The molecule has 0 aromatic carbocycles. The zero-order chi connectivity index (χ0) is 16.7. The second-order valence-electron chi connectivity index (χ2n) is 6.42. The van der Waals surface area contributed by atoms with Gasteiger partial charge in [0.25, 0.3) is 0 Å². The Bertz CT molecular complexity index is 477. The van der Waals surface area contributed by atoms with E-state index in [1.165, 1.54) is 5.00 Å². The fourth-order valence-electron chi connectivity index (χ4n) is 2.55. The molecule has 2 heterocycles. The minimum atomic E-state index is -0.126. The Balaban J connectivity index is 1.96. The SMILES string of the molecule is CCNC(=NCC(C)(CC)CO)N1CCN(c2cccs2)CC1. The van der Waals surface area contributed by atoms with Crippen LogP contribution in [0.25, 0.3) is 0 Å². The van der Waals surface area contributed by atoms with Gasteiger partial charge in [-0.3, -0.25) is 4.99 Å². The number of hydrogen-bond acceptors (Lipinski definition) is 4. The van der Waals surface area contributed by atoms with E-state index in [9.17, 15) is 5.11 Å². The minimum absolute atomic E-state index is 0.126. The van der Waals surface area contributed by atoms with Crippen LogP contribution in [0.15, 0.2) is 22.5 Å². The number of thiophene rings is 1. The molecule has 1 aliphatic heterocycles. The molecule has 0 spiro atoms. The summed E-state index contributed by atoms with van der Waals surface area (Å²) in [5.74, 6) is 0.978. The number of nitrogens with one attached hydrogen (secondary N) is 1. The number of aliphatic imine (C=N–C) groups is 1. The molecule has 0 aliphatic carbocycles. The summed E-state index contributed by atoms with van der Waals surface area (Å²) < 4.78 is 0. The predicted molar refractivity (Wildman–Crippen MR) is 99.6 cm³/mol. The van der Waals surface area contributed by atoms with Gasteiger partial charge < -0.3 is 20.2 Å². The number of rotatable bonds is 6. The Labute approximate surface area is 144 Å². The molecule has 5 nitrogen and oxygen atoms in total. The van der Waals surface area contributed by atoms with Crippen molar-refractivity contribution >= 4 is 22.3 Å². The number of guanidine groups is 1. The summed E-state index contributed by atoms with van der Waals surface area (Å²) in [7, 11) is 0. The Morgan fingerprint density at radius 2 is 2.09 bits per heavy atom. The summed E-state index contributed by atoms with van der Waals surface area (Å²) in [6.07, 6.45) is 0.929. The fourth-order valence-corrected chi connectivity index (χ4v) is 3.34. The first-order valence-corrected chi connectivity index (χ1v) is 9.42. The lowest BCUT2D eigenvalue weighted by molar-refractivity contribution is 0.145. The molecule has 1 saturated heterocycles. The number of anilines is 1. The van der Waals surface area contributed by atoms with Crippen LogP contribution in [0.2, 0.25) is 0 Å². The third kappa shape index (κ3) is 4.85. The summed E-state index contributed by atoms with van der Waals surface area (Å²) in [6.45, 7) is 12.0. The van der Waals surface area contributed by atoms with Gasteiger partial charge in [0.2, 0.25) is 0 Å². The van der Waals surface area contributed by atoms with Gasteiger partial charge in [-0.1, -0.05) is 13.8 Å². The summed E-state index contributed by atoms with van der Waals surface area (Å²) in [4.78, 5) is 9.57. The summed E-state index contributed by atoms with van der Waals surface area (Å²) in [5.41, 5.74) is -0.126. The molecule has 23 heavy (non-hydrogen) atoms. The van der Waals surface area contributed by atoms with Crippen molar-refractivity contribution in [2.45, 2.75) is 27.2 Å². The summed E-state index contributed by atoms with van der Waals surface area (Å²) in [6, 6.07) is 4.30. The average molecular weight is 339 g/mol. The fraction of sp³-hybridized carbons (Fsp3) is 0.706. The molecule has 2 N–H and O–H groups in total. The van der Waals surface area contributed by atoms with Crippen LogP contribution in [0.1, 0.15) is 27.2 Å². The van der Waals surface area contributed by atoms with E-state index >= 15 is 0 Å². The lowest BCUT2D eigenvalue weighted by Gasteiger charge is -2.37. The van der Waals surface area contributed by atoms with Gasteiger partial charge in [0.1, 0.15) is 0 Å². The topological polar surface area (TPSA) is 51.1 Å². The molecule has 1 fully saturated rings. The average Bonchev–Trinajstić information content (AvgIpc) is 3.13. The maximum absolute atomic E-state index is 9.57. The van der Waals surface area contributed by atoms with Crippen molar-refractivity contribution in [3.63, 3.8) is 0 Å². The number of nitrogens with zero attached hydrogens (tertiary/aromatic N) is 3. The van der Waals surface area contributed by atoms with Crippen molar-refractivity contribution in [2.75, 3.05) is 50.8 Å². The molecule has 0 radical (unpaired) electrons. The quantitative estimate of drug-likeness (QED) is 0.617. The highest BCUT2D eigenvalue weighted by atomic mass is 32.1. The lowest BCUT2D eigenvalue weighted by Crippen LogP contribution is -2.52. The van der Waals surface area contributed by atoms with E-state index in [0.29, 0.717) is 6.54 Å². The van der Waals surface area contributed by atoms with E-state index in [1.54, 1.807) is 11.3 Å². The van der Waals surface area contributed by atoms with Crippen LogP contribution < -0.4 is 10.2 Å². The number of hydrogen-bond donors (Lipinski definition) is 2. The van der Waals surface area contributed by atoms with E-state index in [-0.39, 0.29) is 12.0 Å². The molecule has 6 heteroatoms. The van der Waals surface area contributed by atoms with Gasteiger partial charge in [-0.15, -0.1) is 11.3 Å². The number of aliphatic hydroxyl groups excluding tert-OH is 1. The first-order valence-electron chi connectivity index (χ1n) is 8.54. The van der Waals surface area contributed by atoms with E-state index in [1.807, 2.05) is 0 Å². The first kappa shape index (κ1) is 18.1. The zero-order valence-corrected chi connectivity index (χ0v) is 15.4. The van der Waals surface area contributed by atoms with Gasteiger partial charge in [0.15, 0.2) is 5.96 Å². The highest BCUT2D eigenvalue weighted by Gasteiger charge is 2.23. The van der Waals surface area contributed by atoms with Gasteiger partial charge in [-0.25, -0.2) is 0 Å². The van der Waals surface area contributed by atoms with E-state index in [4.69, 9.17) is 4.99 Å². The lowest BCUT2D eigenvalue weighted by atomic mass is 9.89. The normalized spacial score (nSPS) is 18.9. The standard InChI is InChI=1S/C17H30N4OS/c1-4-17(3,14-22)13-19-16(18-5-2)21-10-8-20(9-11-21)15-7-6-12-23-15/h6-7,12,22H,4-5,8-11,13-14H2,1-3H3,(H,18,19). The van der Waals surface area contributed by atoms with Crippen molar-refractivity contribution in [2.24, 2.45) is 10.4 Å². The molecule has 130 valence electrons. The van der Waals surface area contributed by atoms with Gasteiger partial charge in [0.05, 0.1) is 18.2 Å². The van der Waals surface area contributed by atoms with Crippen LogP contribution in [-0.4, -0.2) is 61.8 Å². The minimum Gasteiger partial charge on any atom is -0.396 e. The molecule has 0 saturated carbocycles. The van der Waals surface area contributed by atoms with Crippen LogP contribution in [0, 0.1) is 5.41 Å². The molecule has 1 unspecified atom stereocenters. The molecule has 0 bridgehead atoms. The van der Waals surface area contributed by atoms with Crippen molar-refractivity contribution in [1.29, 1.82) is 0 Å². The van der Waals surface area contributed by atoms with Crippen LogP contribution >= 0.6 is 11.3 Å². The van der Waals surface area contributed by atoms with Gasteiger partial charge in [-0.2, -0.15) is 0 Å². The van der Waals surface area contributed by atoms with Gasteiger partial charge in [-0.05, 0) is 30.9 Å². The highest BCUT2D eigenvalue weighted by Crippen LogP contribution is 2.23. The van der Waals surface area contributed by atoms with Crippen molar-refractivity contribution in [1.82, 2.24) is 10.2 Å². The number of aliphatic hydroxyl groups is 1. The van der Waals surface area contributed by atoms with Crippen LogP contribution in [-0.2, 0) is 0 Å². The highest BCUT2D eigenvalue weighted by molar-refractivity contribution is 7.14. The van der Waals surface area contributed by atoms with E-state index in [2.05, 4.69) is 53.4 Å². The first-order chi connectivity index (χ1) is 11.1. The maximum Gasteiger partial charge on any atom is 0.194 e. The Morgan fingerprint density at radius 1 is 1.35 bits per heavy atom. The number of piperazine rings is 1. The zero-order valence-electron chi connectivity index (χ0n) is 14.6. The van der Waals surface area contributed by atoms with E-state index < -0.39 is 0 Å². The second-order valence-corrected chi connectivity index (χ2v) is 7.34. The molecule has 1 aromatic rings. The van der Waals surface area contributed by atoms with Crippen LogP contribution in [0.5, 0.6) is 0 Å². The monoisotopic (exact) mass is 338 g/mol.